The third kappa shape index (κ3) is 0.775. The van der Waals surface area contributed by atoms with Crippen molar-refractivity contribution >= 4 is 0 Å². The van der Waals surface area contributed by atoms with Crippen LogP contribution in [0.2, 0.25) is 0 Å². The van der Waals surface area contributed by atoms with E-state index in [1.807, 2.05) is 0 Å². The molecule has 0 bridgehead atoms. The number of fused-ring (bicyclic) bond motifs is 1. The van der Waals surface area contributed by atoms with Crippen molar-refractivity contribution in [1.82, 2.24) is 10.2 Å². The normalized spacial score (nSPS) is 42.3. The average Bonchev–Trinajstić information content (AvgIpc) is 2.10. The van der Waals surface area contributed by atoms with E-state index in [1.165, 1.54) is 26.2 Å². The predicted octanol–water partition coefficient (Wildman–Crippen LogP) is -0.0901. The van der Waals surface area contributed by atoms with E-state index in [0.717, 1.165) is 12.0 Å². The van der Waals surface area contributed by atoms with E-state index in [2.05, 4.69) is 17.1 Å². The van der Waals surface area contributed by atoms with E-state index >= 15 is 0 Å². The van der Waals surface area contributed by atoms with Gasteiger partial charge in [0.2, 0.25) is 0 Å². The van der Waals surface area contributed by atoms with Crippen molar-refractivity contribution in [2.75, 3.05) is 26.2 Å². The molecule has 2 atom stereocenters. The lowest BCUT2D eigenvalue weighted by atomic mass is 9.96. The zero-order valence-electron chi connectivity index (χ0n) is 5.93. The van der Waals surface area contributed by atoms with E-state index in [4.69, 9.17) is 0 Å². The lowest BCUT2D eigenvalue weighted by molar-refractivity contribution is 0.296. The fourth-order valence-corrected chi connectivity index (χ4v) is 1.80. The number of nitrogens with one attached hydrogen (secondary N) is 1. The molecule has 0 aromatic rings. The molecule has 2 saturated heterocycles. The summed E-state index contributed by atoms with van der Waals surface area (Å²) in [6.45, 7) is 7.37. The first-order chi connectivity index (χ1) is 4.40. The Bertz CT molecular complexity index is 101. The second-order valence-corrected chi connectivity index (χ2v) is 3.13. The van der Waals surface area contributed by atoms with Gasteiger partial charge in [0.1, 0.15) is 0 Å². The van der Waals surface area contributed by atoms with Crippen LogP contribution < -0.4 is 5.32 Å². The first-order valence-electron chi connectivity index (χ1n) is 3.86. The van der Waals surface area contributed by atoms with E-state index in [0.29, 0.717) is 0 Å². The van der Waals surface area contributed by atoms with Crippen molar-refractivity contribution in [2.24, 2.45) is 5.92 Å². The maximum atomic E-state index is 3.43. The molecule has 0 aromatic carbocycles. The summed E-state index contributed by atoms with van der Waals surface area (Å²) in [6.07, 6.45) is 0. The number of hydrogen-bond donors (Lipinski definition) is 1. The SMILES string of the molecule is CCN1CC2CNC2C1. The van der Waals surface area contributed by atoms with Crippen LogP contribution in [-0.2, 0) is 0 Å². The molecule has 0 amide bonds. The van der Waals surface area contributed by atoms with Gasteiger partial charge in [-0.25, -0.2) is 0 Å². The van der Waals surface area contributed by atoms with Gasteiger partial charge in [-0.15, -0.1) is 0 Å². The molecule has 0 aromatic heterocycles. The zero-order valence-corrected chi connectivity index (χ0v) is 5.93. The Hall–Kier alpha value is -0.0800. The number of hydrogen-bond acceptors (Lipinski definition) is 2. The van der Waals surface area contributed by atoms with Crippen molar-refractivity contribution < 1.29 is 0 Å². The van der Waals surface area contributed by atoms with Crippen molar-refractivity contribution in [3.05, 3.63) is 0 Å². The first kappa shape index (κ1) is 5.69. The average molecular weight is 126 g/mol. The van der Waals surface area contributed by atoms with Gasteiger partial charge in [0, 0.05) is 31.6 Å². The molecule has 0 saturated carbocycles. The molecule has 1 N–H and O–H groups in total. The number of likely N-dealkylation sites (tertiary alicyclic amines) is 1. The second kappa shape index (κ2) is 1.96. The van der Waals surface area contributed by atoms with E-state index in [1.54, 1.807) is 0 Å². The summed E-state index contributed by atoms with van der Waals surface area (Å²) in [6, 6.07) is 0.852. The molecule has 2 rings (SSSR count). The minimum atomic E-state index is 0.852. The lowest BCUT2D eigenvalue weighted by Gasteiger charge is -2.30. The maximum absolute atomic E-state index is 3.43. The fraction of sp³-hybridized carbons (Fsp3) is 1.00. The van der Waals surface area contributed by atoms with Crippen LogP contribution >= 0.6 is 0 Å². The van der Waals surface area contributed by atoms with Crippen LogP contribution in [0.1, 0.15) is 6.92 Å². The third-order valence-corrected chi connectivity index (χ3v) is 2.61. The molecule has 2 nitrogen and oxygen atoms in total. The summed E-state index contributed by atoms with van der Waals surface area (Å²) in [5, 5.41) is 3.43. The van der Waals surface area contributed by atoms with Crippen LogP contribution in [0.3, 0.4) is 0 Å². The molecular weight excluding hydrogens is 112 g/mol. The van der Waals surface area contributed by atoms with Gasteiger partial charge in [-0.05, 0) is 6.54 Å². The second-order valence-electron chi connectivity index (χ2n) is 3.13. The topological polar surface area (TPSA) is 15.3 Å². The number of nitrogens with zero attached hydrogens (tertiary/aromatic N) is 1. The standard InChI is InChI=1S/C7H14N2/c1-2-9-4-6-3-8-7(6)5-9/h6-8H,2-5H2,1H3. The van der Waals surface area contributed by atoms with Gasteiger partial charge in [0.15, 0.2) is 0 Å². The third-order valence-electron chi connectivity index (χ3n) is 2.61. The van der Waals surface area contributed by atoms with Gasteiger partial charge < -0.3 is 10.2 Å². The Balaban J connectivity index is 1.91. The molecule has 2 fully saturated rings. The quantitative estimate of drug-likeness (QED) is 0.528. The number of likely N-dealkylation sites (N-methyl/N-ethyl adjacent to an activating group) is 1. The lowest BCUT2D eigenvalue weighted by Crippen LogP contribution is -2.51. The van der Waals surface area contributed by atoms with Gasteiger partial charge in [-0.3, -0.25) is 0 Å². The van der Waals surface area contributed by atoms with Crippen LogP contribution in [0.25, 0.3) is 0 Å². The van der Waals surface area contributed by atoms with E-state index in [9.17, 15) is 0 Å². The molecule has 52 valence electrons. The first-order valence-corrected chi connectivity index (χ1v) is 3.86. The van der Waals surface area contributed by atoms with Crippen LogP contribution in [0.5, 0.6) is 0 Å². The molecule has 2 aliphatic rings. The predicted molar refractivity (Wildman–Crippen MR) is 37.4 cm³/mol. The Morgan fingerprint density at radius 3 is 2.78 bits per heavy atom. The summed E-state index contributed by atoms with van der Waals surface area (Å²) >= 11 is 0. The highest BCUT2D eigenvalue weighted by atomic mass is 15.2. The summed E-state index contributed by atoms with van der Waals surface area (Å²) in [7, 11) is 0. The molecule has 2 unspecified atom stereocenters. The Labute approximate surface area is 56.2 Å². The number of rotatable bonds is 1. The van der Waals surface area contributed by atoms with Gasteiger partial charge in [-0.1, -0.05) is 6.92 Å². The molecule has 2 heterocycles. The summed E-state index contributed by atoms with van der Waals surface area (Å²) < 4.78 is 0. The Kier molecular flexibility index (Phi) is 1.24. The largest absolute Gasteiger partial charge is 0.312 e. The van der Waals surface area contributed by atoms with Crippen molar-refractivity contribution in [1.29, 1.82) is 0 Å². The van der Waals surface area contributed by atoms with Gasteiger partial charge in [0.05, 0.1) is 0 Å². The van der Waals surface area contributed by atoms with Crippen molar-refractivity contribution in [3.63, 3.8) is 0 Å². The summed E-state index contributed by atoms with van der Waals surface area (Å²) in [5.74, 6) is 0.991. The molecule has 0 radical (unpaired) electrons. The molecule has 2 aliphatic heterocycles. The maximum Gasteiger partial charge on any atom is 0.0247 e. The van der Waals surface area contributed by atoms with Crippen LogP contribution in [-0.4, -0.2) is 37.1 Å². The molecule has 0 spiro atoms. The highest BCUT2D eigenvalue weighted by molar-refractivity contribution is 4.97. The van der Waals surface area contributed by atoms with Crippen LogP contribution in [0.4, 0.5) is 0 Å². The molecule has 9 heavy (non-hydrogen) atoms. The smallest absolute Gasteiger partial charge is 0.0247 e. The van der Waals surface area contributed by atoms with Crippen molar-refractivity contribution in [3.8, 4) is 0 Å². The highest BCUT2D eigenvalue weighted by Crippen LogP contribution is 2.22. The summed E-state index contributed by atoms with van der Waals surface area (Å²) in [5.41, 5.74) is 0. The van der Waals surface area contributed by atoms with E-state index < -0.39 is 0 Å². The Morgan fingerprint density at radius 2 is 2.44 bits per heavy atom. The Morgan fingerprint density at radius 1 is 1.56 bits per heavy atom. The van der Waals surface area contributed by atoms with Crippen molar-refractivity contribution in [2.45, 2.75) is 13.0 Å². The summed E-state index contributed by atoms with van der Waals surface area (Å²) in [4.78, 5) is 2.52. The van der Waals surface area contributed by atoms with Crippen LogP contribution in [0.15, 0.2) is 0 Å². The fourth-order valence-electron chi connectivity index (χ4n) is 1.80. The molecular formula is C7H14N2. The van der Waals surface area contributed by atoms with Gasteiger partial charge in [-0.2, -0.15) is 0 Å². The van der Waals surface area contributed by atoms with Crippen LogP contribution in [0, 0.1) is 5.92 Å². The van der Waals surface area contributed by atoms with Gasteiger partial charge >= 0.3 is 0 Å². The monoisotopic (exact) mass is 126 g/mol. The highest BCUT2D eigenvalue weighted by Gasteiger charge is 2.37. The van der Waals surface area contributed by atoms with Gasteiger partial charge in [0.25, 0.3) is 0 Å². The zero-order chi connectivity index (χ0) is 6.27. The minimum Gasteiger partial charge on any atom is -0.312 e. The molecule has 2 heteroatoms. The molecule has 0 aliphatic carbocycles. The van der Waals surface area contributed by atoms with E-state index in [-0.39, 0.29) is 0 Å². The minimum absolute atomic E-state index is 0.852.